The Labute approximate surface area is 184 Å². The van der Waals surface area contributed by atoms with Crippen LogP contribution in [-0.4, -0.2) is 20.4 Å². The van der Waals surface area contributed by atoms with Crippen LogP contribution >= 0.6 is 0 Å². The minimum absolute atomic E-state index is 0.120. The fourth-order valence-corrected chi connectivity index (χ4v) is 3.79. The minimum Gasteiger partial charge on any atom is -0.337 e. The predicted octanol–water partition coefficient (Wildman–Crippen LogP) is 5.22. The smallest absolute Gasteiger partial charge is 0.244 e. The lowest BCUT2D eigenvalue weighted by Crippen LogP contribution is -2.18. The second kappa shape index (κ2) is 8.25. The molecule has 0 saturated heterocycles. The van der Waals surface area contributed by atoms with Crippen molar-refractivity contribution >= 4 is 45.2 Å². The van der Waals surface area contributed by atoms with E-state index >= 15 is 0 Å². The molecule has 0 aliphatic rings. The van der Waals surface area contributed by atoms with E-state index < -0.39 is 0 Å². The van der Waals surface area contributed by atoms with E-state index in [0.29, 0.717) is 11.4 Å². The number of allylic oxidation sites excluding steroid dienone is 1. The number of fused-ring (bicyclic) bond motifs is 2. The first kappa shape index (κ1) is 19.3. The first-order chi connectivity index (χ1) is 15.7. The van der Waals surface area contributed by atoms with Crippen molar-refractivity contribution in [2.75, 3.05) is 5.32 Å². The van der Waals surface area contributed by atoms with Gasteiger partial charge < -0.3 is 14.9 Å². The van der Waals surface area contributed by atoms with Crippen LogP contribution in [0.15, 0.2) is 85.1 Å². The number of imidazole rings is 1. The van der Waals surface area contributed by atoms with Crippen LogP contribution in [-0.2, 0) is 11.3 Å². The first-order valence-electron chi connectivity index (χ1n) is 10.2. The molecule has 0 spiro atoms. The van der Waals surface area contributed by atoms with E-state index in [9.17, 15) is 10.1 Å². The van der Waals surface area contributed by atoms with Crippen molar-refractivity contribution in [1.29, 1.82) is 5.26 Å². The Morgan fingerprint density at radius 1 is 1.03 bits per heavy atom. The normalized spacial score (nSPS) is 11.5. The number of H-pyrrole nitrogens is 1. The summed E-state index contributed by atoms with van der Waals surface area (Å²) in [6.07, 6.45) is 3.71. The summed E-state index contributed by atoms with van der Waals surface area (Å²) >= 11 is 0. The molecule has 0 radical (unpaired) electrons. The second-order valence-electron chi connectivity index (χ2n) is 7.42. The highest BCUT2D eigenvalue weighted by atomic mass is 16.1. The van der Waals surface area contributed by atoms with Gasteiger partial charge in [-0.1, -0.05) is 48.5 Å². The molecule has 1 amide bonds. The molecule has 2 heterocycles. The van der Waals surface area contributed by atoms with Crippen molar-refractivity contribution in [3.8, 4) is 6.07 Å². The topological polar surface area (TPSA) is 86.5 Å². The van der Waals surface area contributed by atoms with Crippen molar-refractivity contribution in [3.63, 3.8) is 0 Å². The van der Waals surface area contributed by atoms with Gasteiger partial charge in [-0.2, -0.15) is 5.26 Å². The second-order valence-corrected chi connectivity index (χ2v) is 7.42. The van der Waals surface area contributed by atoms with Gasteiger partial charge in [0.2, 0.25) is 5.91 Å². The highest BCUT2D eigenvalue weighted by molar-refractivity contribution is 5.99. The van der Waals surface area contributed by atoms with Gasteiger partial charge in [-0.05, 0) is 36.4 Å². The van der Waals surface area contributed by atoms with E-state index in [1.165, 1.54) is 0 Å². The Morgan fingerprint density at radius 2 is 1.78 bits per heavy atom. The van der Waals surface area contributed by atoms with Crippen molar-refractivity contribution in [2.45, 2.75) is 6.54 Å². The summed E-state index contributed by atoms with van der Waals surface area (Å²) in [6.45, 7) is 0.162. The molecule has 0 bridgehead atoms. The van der Waals surface area contributed by atoms with Crippen LogP contribution in [0.4, 0.5) is 5.69 Å². The number of aromatic amines is 1. The van der Waals surface area contributed by atoms with Crippen LogP contribution in [0.2, 0.25) is 0 Å². The number of aromatic nitrogens is 3. The van der Waals surface area contributed by atoms with E-state index in [0.717, 1.165) is 33.2 Å². The Hall–Kier alpha value is -4.63. The molecule has 0 atom stereocenters. The molecule has 32 heavy (non-hydrogen) atoms. The van der Waals surface area contributed by atoms with Crippen LogP contribution in [0.5, 0.6) is 0 Å². The standard InChI is InChI=1S/C26H19N5O/c27-15-18(26-29-22-11-5-6-12-23(22)30-26)14-19-16-31(24-13-7-4-10-21(19)24)17-25(32)28-20-8-2-1-3-9-20/h1-14,16H,17H2,(H,28,32)(H,29,30). The monoisotopic (exact) mass is 417 g/mol. The molecular formula is C26H19N5O. The van der Waals surface area contributed by atoms with Crippen LogP contribution < -0.4 is 5.32 Å². The van der Waals surface area contributed by atoms with E-state index in [1.54, 1.807) is 0 Å². The summed E-state index contributed by atoms with van der Waals surface area (Å²) in [5, 5.41) is 13.7. The maximum absolute atomic E-state index is 12.6. The number of amides is 1. The highest BCUT2D eigenvalue weighted by Crippen LogP contribution is 2.26. The van der Waals surface area contributed by atoms with Gasteiger partial charge in [-0.25, -0.2) is 4.98 Å². The summed E-state index contributed by atoms with van der Waals surface area (Å²) in [4.78, 5) is 20.4. The van der Waals surface area contributed by atoms with E-state index in [1.807, 2.05) is 95.7 Å². The zero-order chi connectivity index (χ0) is 21.9. The molecule has 2 N–H and O–H groups in total. The van der Waals surface area contributed by atoms with E-state index in [4.69, 9.17) is 0 Å². The number of benzene rings is 3. The molecule has 6 heteroatoms. The number of nitrogens with one attached hydrogen (secondary N) is 2. The fraction of sp³-hybridized carbons (Fsp3) is 0.0385. The van der Waals surface area contributed by atoms with Gasteiger partial charge in [-0.15, -0.1) is 0 Å². The third kappa shape index (κ3) is 3.75. The summed E-state index contributed by atoms with van der Waals surface area (Å²) < 4.78 is 1.90. The maximum Gasteiger partial charge on any atom is 0.244 e. The number of para-hydroxylation sites is 4. The van der Waals surface area contributed by atoms with Crippen molar-refractivity contribution < 1.29 is 4.79 Å². The number of carbonyl (C=O) groups is 1. The van der Waals surface area contributed by atoms with E-state index in [2.05, 4.69) is 21.4 Å². The average Bonchev–Trinajstić information content (AvgIpc) is 3.40. The van der Waals surface area contributed by atoms with Crippen LogP contribution in [0.1, 0.15) is 11.4 Å². The Kier molecular flexibility index (Phi) is 4.98. The van der Waals surface area contributed by atoms with Crippen molar-refractivity contribution in [3.05, 3.63) is 96.4 Å². The summed E-state index contributed by atoms with van der Waals surface area (Å²) in [7, 11) is 0. The Balaban J connectivity index is 1.50. The number of hydrogen-bond acceptors (Lipinski definition) is 3. The zero-order valence-electron chi connectivity index (χ0n) is 17.1. The average molecular weight is 417 g/mol. The Bertz CT molecular complexity index is 1470. The van der Waals surface area contributed by atoms with Crippen molar-refractivity contribution in [2.24, 2.45) is 0 Å². The summed E-state index contributed by atoms with van der Waals surface area (Å²) in [5.41, 5.74) is 4.64. The maximum atomic E-state index is 12.6. The predicted molar refractivity (Wildman–Crippen MR) is 127 cm³/mol. The molecule has 154 valence electrons. The van der Waals surface area contributed by atoms with Crippen molar-refractivity contribution in [1.82, 2.24) is 14.5 Å². The fourth-order valence-electron chi connectivity index (χ4n) is 3.79. The molecule has 6 nitrogen and oxygen atoms in total. The Morgan fingerprint density at radius 3 is 2.59 bits per heavy atom. The molecule has 3 aromatic carbocycles. The van der Waals surface area contributed by atoms with Crippen LogP contribution in [0, 0.1) is 11.3 Å². The van der Waals surface area contributed by atoms with Gasteiger partial charge in [0.25, 0.3) is 0 Å². The molecular weight excluding hydrogens is 398 g/mol. The van der Waals surface area contributed by atoms with Gasteiger partial charge in [0, 0.05) is 28.4 Å². The molecule has 0 unspecified atom stereocenters. The minimum atomic E-state index is -0.120. The van der Waals surface area contributed by atoms with Crippen LogP contribution in [0.25, 0.3) is 33.6 Å². The third-order valence-corrected chi connectivity index (χ3v) is 5.26. The zero-order valence-corrected chi connectivity index (χ0v) is 17.1. The number of hydrogen-bond donors (Lipinski definition) is 2. The largest absolute Gasteiger partial charge is 0.337 e. The number of nitriles is 1. The number of rotatable bonds is 5. The molecule has 0 saturated carbocycles. The van der Waals surface area contributed by atoms with Gasteiger partial charge in [-0.3, -0.25) is 4.79 Å². The first-order valence-corrected chi connectivity index (χ1v) is 10.2. The summed E-state index contributed by atoms with van der Waals surface area (Å²) in [6, 6.07) is 27.1. The lowest BCUT2D eigenvalue weighted by atomic mass is 10.1. The highest BCUT2D eigenvalue weighted by Gasteiger charge is 2.13. The molecule has 5 rings (SSSR count). The van der Waals surface area contributed by atoms with Gasteiger partial charge in [0.1, 0.15) is 18.4 Å². The number of anilines is 1. The van der Waals surface area contributed by atoms with Gasteiger partial charge in [0.05, 0.1) is 16.6 Å². The lowest BCUT2D eigenvalue weighted by Gasteiger charge is -2.07. The SMILES string of the molecule is N#CC(=Cc1cn(CC(=O)Nc2ccccc2)c2ccccc12)c1nc2ccccc2[nH]1. The molecule has 0 aliphatic carbocycles. The van der Waals surface area contributed by atoms with Gasteiger partial charge in [0.15, 0.2) is 0 Å². The quantitative estimate of drug-likeness (QED) is 0.384. The van der Waals surface area contributed by atoms with Crippen LogP contribution in [0.3, 0.4) is 0 Å². The molecule has 0 fully saturated rings. The lowest BCUT2D eigenvalue weighted by molar-refractivity contribution is -0.116. The van der Waals surface area contributed by atoms with E-state index in [-0.39, 0.29) is 12.5 Å². The summed E-state index contributed by atoms with van der Waals surface area (Å²) in [5.74, 6) is 0.401. The number of nitrogens with zero attached hydrogens (tertiary/aromatic N) is 3. The molecule has 2 aromatic heterocycles. The third-order valence-electron chi connectivity index (χ3n) is 5.26. The molecule has 0 aliphatic heterocycles. The van der Waals surface area contributed by atoms with Gasteiger partial charge >= 0.3 is 0 Å². The molecule has 5 aromatic rings. The number of carbonyl (C=O) groups excluding carboxylic acids is 1.